The summed E-state index contributed by atoms with van der Waals surface area (Å²) in [6, 6.07) is 12.2. The molecular weight excluding hydrogens is 434 g/mol. The predicted molar refractivity (Wildman–Crippen MR) is 128 cm³/mol. The zero-order valence-electron chi connectivity index (χ0n) is 19.5. The first-order valence-corrected chi connectivity index (χ1v) is 11.2. The SMILES string of the molecule is CC(C)c1ccc(C(=O)N2CCN(c3ccc(C(=O)c4nccn4C)cc3[N+](=O)[O-])CC2)cc1. The van der Waals surface area contributed by atoms with Gasteiger partial charge >= 0.3 is 0 Å². The van der Waals surface area contributed by atoms with E-state index in [1.807, 2.05) is 29.2 Å². The normalized spacial score (nSPS) is 13.9. The number of aryl methyl sites for hydroxylation is 1. The molecule has 1 aliphatic rings. The van der Waals surface area contributed by atoms with Crippen LogP contribution in [-0.2, 0) is 7.05 Å². The van der Waals surface area contributed by atoms with Gasteiger partial charge in [0.05, 0.1) is 4.92 Å². The van der Waals surface area contributed by atoms with Crippen molar-refractivity contribution < 1.29 is 14.5 Å². The maximum absolute atomic E-state index is 12.9. The lowest BCUT2D eigenvalue weighted by molar-refractivity contribution is -0.384. The number of benzene rings is 2. The van der Waals surface area contributed by atoms with E-state index in [9.17, 15) is 19.7 Å². The highest BCUT2D eigenvalue weighted by Gasteiger charge is 2.28. The number of nitro groups is 1. The molecule has 2 aromatic carbocycles. The molecular formula is C25H27N5O4. The Kier molecular flexibility index (Phi) is 6.45. The number of nitrogens with zero attached hydrogens (tertiary/aromatic N) is 5. The van der Waals surface area contributed by atoms with Crippen molar-refractivity contribution in [1.82, 2.24) is 14.5 Å². The lowest BCUT2D eigenvalue weighted by Gasteiger charge is -2.36. The second-order valence-electron chi connectivity index (χ2n) is 8.71. The molecule has 1 aromatic heterocycles. The number of ketones is 1. The molecule has 2 heterocycles. The highest BCUT2D eigenvalue weighted by molar-refractivity contribution is 6.07. The van der Waals surface area contributed by atoms with E-state index >= 15 is 0 Å². The van der Waals surface area contributed by atoms with Crippen LogP contribution in [0.15, 0.2) is 54.9 Å². The van der Waals surface area contributed by atoms with Gasteiger partial charge in [-0.2, -0.15) is 0 Å². The van der Waals surface area contributed by atoms with Crippen molar-refractivity contribution in [3.63, 3.8) is 0 Å². The standard InChI is InChI=1S/C25H27N5O4/c1-17(2)18-4-6-19(7-5-18)25(32)29-14-12-28(13-15-29)21-9-8-20(16-22(21)30(33)34)23(31)24-26-10-11-27(24)3/h4-11,16-17H,12-15H2,1-3H3. The lowest BCUT2D eigenvalue weighted by atomic mass is 10.0. The van der Waals surface area contributed by atoms with Gasteiger partial charge in [0.25, 0.3) is 11.6 Å². The molecule has 3 aromatic rings. The van der Waals surface area contributed by atoms with Gasteiger partial charge in [-0.1, -0.05) is 26.0 Å². The minimum Gasteiger partial charge on any atom is -0.362 e. The van der Waals surface area contributed by atoms with E-state index in [1.165, 1.54) is 17.8 Å². The number of rotatable bonds is 6. The van der Waals surface area contributed by atoms with Crippen molar-refractivity contribution in [2.45, 2.75) is 19.8 Å². The zero-order chi connectivity index (χ0) is 24.4. The third-order valence-electron chi connectivity index (χ3n) is 6.19. The zero-order valence-corrected chi connectivity index (χ0v) is 19.5. The largest absolute Gasteiger partial charge is 0.362 e. The second kappa shape index (κ2) is 9.46. The number of hydrogen-bond donors (Lipinski definition) is 0. The minimum absolute atomic E-state index is 0.0412. The van der Waals surface area contributed by atoms with E-state index < -0.39 is 4.92 Å². The van der Waals surface area contributed by atoms with Gasteiger partial charge in [-0.05, 0) is 35.7 Å². The average Bonchev–Trinajstić information content (AvgIpc) is 3.28. The Hall–Kier alpha value is -4.01. The summed E-state index contributed by atoms with van der Waals surface area (Å²) in [7, 11) is 1.70. The first kappa shape index (κ1) is 23.2. The maximum atomic E-state index is 12.9. The van der Waals surface area contributed by atoms with Gasteiger partial charge in [0.2, 0.25) is 5.78 Å². The molecule has 4 rings (SSSR count). The van der Waals surface area contributed by atoms with Crippen LogP contribution in [-0.4, -0.2) is 57.2 Å². The number of imidazole rings is 1. The Labute approximate surface area is 197 Å². The number of nitro benzene ring substituents is 1. The number of anilines is 1. The van der Waals surface area contributed by atoms with Crippen LogP contribution in [0.4, 0.5) is 11.4 Å². The molecule has 0 unspecified atom stereocenters. The van der Waals surface area contributed by atoms with Crippen LogP contribution in [0.5, 0.6) is 0 Å². The summed E-state index contributed by atoms with van der Waals surface area (Å²) in [6.45, 7) is 6.05. The quantitative estimate of drug-likeness (QED) is 0.316. The topological polar surface area (TPSA) is 102 Å². The van der Waals surface area contributed by atoms with Crippen molar-refractivity contribution in [2.75, 3.05) is 31.1 Å². The van der Waals surface area contributed by atoms with Crippen LogP contribution in [0, 0.1) is 10.1 Å². The number of piperazine rings is 1. The molecule has 0 saturated carbocycles. The van der Waals surface area contributed by atoms with Crippen molar-refractivity contribution in [2.24, 2.45) is 7.05 Å². The first-order valence-electron chi connectivity index (χ1n) is 11.2. The number of carbonyl (C=O) groups excluding carboxylic acids is 2. The number of amides is 1. The third-order valence-corrected chi connectivity index (χ3v) is 6.19. The van der Waals surface area contributed by atoms with Crippen LogP contribution in [0.25, 0.3) is 0 Å². The van der Waals surface area contributed by atoms with Gasteiger partial charge in [0.15, 0.2) is 5.82 Å². The summed E-state index contributed by atoms with van der Waals surface area (Å²) in [5, 5.41) is 11.8. The summed E-state index contributed by atoms with van der Waals surface area (Å²) < 4.78 is 1.58. The monoisotopic (exact) mass is 461 g/mol. The van der Waals surface area contributed by atoms with E-state index in [0.29, 0.717) is 43.3 Å². The highest BCUT2D eigenvalue weighted by Crippen LogP contribution is 2.31. The van der Waals surface area contributed by atoms with Crippen LogP contribution >= 0.6 is 0 Å². The fraction of sp³-hybridized carbons (Fsp3) is 0.320. The van der Waals surface area contributed by atoms with Crippen molar-refractivity contribution in [3.05, 3.63) is 87.5 Å². The Bertz CT molecular complexity index is 1220. The predicted octanol–water partition coefficient (Wildman–Crippen LogP) is 3.65. The summed E-state index contributed by atoms with van der Waals surface area (Å²) in [5.41, 5.74) is 2.33. The van der Waals surface area contributed by atoms with Crippen molar-refractivity contribution >= 4 is 23.1 Å². The number of hydrogen-bond acceptors (Lipinski definition) is 6. The van der Waals surface area contributed by atoms with E-state index in [1.54, 1.807) is 34.8 Å². The summed E-state index contributed by atoms with van der Waals surface area (Å²) in [4.78, 5) is 44.7. The molecule has 0 atom stereocenters. The smallest absolute Gasteiger partial charge is 0.293 e. The second-order valence-corrected chi connectivity index (χ2v) is 8.71. The van der Waals surface area contributed by atoms with Gasteiger partial charge in [0, 0.05) is 62.8 Å². The van der Waals surface area contributed by atoms with Crippen LogP contribution in [0.1, 0.15) is 51.9 Å². The molecule has 1 saturated heterocycles. The molecule has 1 aliphatic heterocycles. The summed E-state index contributed by atoms with van der Waals surface area (Å²) in [6.07, 6.45) is 3.16. The van der Waals surface area contributed by atoms with Crippen molar-refractivity contribution in [1.29, 1.82) is 0 Å². The number of aromatic nitrogens is 2. The van der Waals surface area contributed by atoms with Gasteiger partial charge in [-0.25, -0.2) is 4.98 Å². The van der Waals surface area contributed by atoms with Crippen LogP contribution in [0.3, 0.4) is 0 Å². The Morgan fingerprint density at radius 1 is 1.00 bits per heavy atom. The van der Waals surface area contributed by atoms with Gasteiger partial charge < -0.3 is 14.4 Å². The summed E-state index contributed by atoms with van der Waals surface area (Å²) >= 11 is 0. The molecule has 34 heavy (non-hydrogen) atoms. The van der Waals surface area contributed by atoms with Gasteiger partial charge in [-0.15, -0.1) is 0 Å². The van der Waals surface area contributed by atoms with E-state index in [-0.39, 0.29) is 28.8 Å². The lowest BCUT2D eigenvalue weighted by Crippen LogP contribution is -2.49. The fourth-order valence-corrected chi connectivity index (χ4v) is 4.14. The Morgan fingerprint density at radius 2 is 1.65 bits per heavy atom. The Morgan fingerprint density at radius 3 is 2.21 bits per heavy atom. The molecule has 176 valence electrons. The van der Waals surface area contributed by atoms with Gasteiger partial charge in [-0.3, -0.25) is 19.7 Å². The van der Waals surface area contributed by atoms with E-state index in [4.69, 9.17) is 0 Å². The molecule has 0 spiro atoms. The molecule has 9 nitrogen and oxygen atoms in total. The average molecular weight is 462 g/mol. The molecule has 9 heteroatoms. The maximum Gasteiger partial charge on any atom is 0.293 e. The summed E-state index contributed by atoms with van der Waals surface area (Å²) in [5.74, 6) is 0.200. The van der Waals surface area contributed by atoms with E-state index in [0.717, 1.165) is 0 Å². The molecule has 0 bridgehead atoms. The third kappa shape index (κ3) is 4.54. The van der Waals surface area contributed by atoms with Crippen LogP contribution in [0.2, 0.25) is 0 Å². The number of carbonyl (C=O) groups is 2. The van der Waals surface area contributed by atoms with Gasteiger partial charge in [0.1, 0.15) is 5.69 Å². The molecule has 0 radical (unpaired) electrons. The fourth-order valence-electron chi connectivity index (χ4n) is 4.14. The highest BCUT2D eigenvalue weighted by atomic mass is 16.6. The van der Waals surface area contributed by atoms with Crippen LogP contribution < -0.4 is 4.90 Å². The molecule has 0 N–H and O–H groups in total. The molecule has 1 amide bonds. The molecule has 1 fully saturated rings. The van der Waals surface area contributed by atoms with Crippen molar-refractivity contribution in [3.8, 4) is 0 Å². The van der Waals surface area contributed by atoms with E-state index in [2.05, 4.69) is 18.8 Å². The first-order chi connectivity index (χ1) is 16.3. The Balaban J connectivity index is 1.48. The molecule has 0 aliphatic carbocycles. The minimum atomic E-state index is -0.474.